The number of hydrogen-bond donors (Lipinski definition) is 1. The number of likely N-dealkylation sites (tertiary alicyclic amines) is 1. The smallest absolute Gasteiger partial charge is 0.303 e. The quantitative estimate of drug-likeness (QED) is 0.355. The van der Waals surface area contributed by atoms with E-state index in [1.807, 2.05) is 43.3 Å². The molecule has 8 nitrogen and oxygen atoms in total. The second-order valence-corrected chi connectivity index (χ2v) is 14.6. The molecule has 3 aromatic carbocycles. The van der Waals surface area contributed by atoms with Gasteiger partial charge in [0.2, 0.25) is 10.0 Å². The van der Waals surface area contributed by atoms with Gasteiger partial charge >= 0.3 is 5.97 Å². The fourth-order valence-electron chi connectivity index (χ4n) is 8.77. The normalized spacial score (nSPS) is 28.6. The van der Waals surface area contributed by atoms with Crippen molar-refractivity contribution in [1.82, 2.24) is 9.62 Å². The number of sulfonamides is 1. The Hall–Kier alpha value is -3.40. The van der Waals surface area contributed by atoms with E-state index >= 15 is 0 Å². The highest BCUT2D eigenvalue weighted by molar-refractivity contribution is 7.88. The summed E-state index contributed by atoms with van der Waals surface area (Å²) in [6.07, 6.45) is 2.76. The Kier molecular flexibility index (Phi) is 7.26. The van der Waals surface area contributed by atoms with Crippen molar-refractivity contribution in [1.29, 1.82) is 0 Å². The predicted molar refractivity (Wildman–Crippen MR) is 167 cm³/mol. The number of rotatable bonds is 9. The summed E-state index contributed by atoms with van der Waals surface area (Å²) in [5.74, 6) is 0.849. The Morgan fingerprint density at radius 2 is 1.84 bits per heavy atom. The van der Waals surface area contributed by atoms with Gasteiger partial charge in [-0.2, -0.15) is 0 Å². The Balaban J connectivity index is 1.29. The molecule has 4 aliphatic rings. The molecule has 44 heavy (non-hydrogen) atoms. The summed E-state index contributed by atoms with van der Waals surface area (Å²) in [6.45, 7) is 5.04. The van der Waals surface area contributed by atoms with Crippen molar-refractivity contribution < 1.29 is 27.4 Å². The zero-order valence-corrected chi connectivity index (χ0v) is 26.4. The third-order valence-electron chi connectivity index (χ3n) is 10.5. The number of hydrogen-bond acceptors (Lipinski definition) is 7. The van der Waals surface area contributed by atoms with Crippen LogP contribution in [-0.4, -0.2) is 63.3 Å². The van der Waals surface area contributed by atoms with E-state index in [0.29, 0.717) is 30.8 Å². The molecule has 0 unspecified atom stereocenters. The molecule has 3 aromatic rings. The fraction of sp³-hybridized carbons (Fsp3) is 0.457. The summed E-state index contributed by atoms with van der Waals surface area (Å²) in [6, 6.07) is 21.5. The van der Waals surface area contributed by atoms with Crippen LogP contribution in [0.2, 0.25) is 0 Å². The highest BCUT2D eigenvalue weighted by atomic mass is 32.2. The maximum absolute atomic E-state index is 13.7. The van der Waals surface area contributed by atoms with E-state index in [4.69, 9.17) is 14.2 Å². The van der Waals surface area contributed by atoms with E-state index in [9.17, 15) is 13.2 Å². The van der Waals surface area contributed by atoms with Crippen molar-refractivity contribution >= 4 is 16.0 Å². The third-order valence-corrected chi connectivity index (χ3v) is 11.9. The van der Waals surface area contributed by atoms with Crippen molar-refractivity contribution in [2.45, 2.75) is 80.9 Å². The number of carbonyl (C=O) groups is 1. The van der Waals surface area contributed by atoms with Crippen LogP contribution >= 0.6 is 0 Å². The molecule has 2 aliphatic carbocycles. The van der Waals surface area contributed by atoms with E-state index in [-0.39, 0.29) is 17.8 Å². The molecule has 1 N–H and O–H groups in total. The van der Waals surface area contributed by atoms with Crippen LogP contribution in [0.25, 0.3) is 0 Å². The second-order valence-electron chi connectivity index (χ2n) is 12.8. The summed E-state index contributed by atoms with van der Waals surface area (Å²) in [4.78, 5) is 15.5. The van der Waals surface area contributed by atoms with Crippen LogP contribution in [0.1, 0.15) is 54.0 Å². The highest BCUT2D eigenvalue weighted by Crippen LogP contribution is 2.66. The molecule has 2 aliphatic heterocycles. The summed E-state index contributed by atoms with van der Waals surface area (Å²) in [5, 5.41) is 0. The summed E-state index contributed by atoms with van der Waals surface area (Å²) < 4.78 is 49.6. The van der Waals surface area contributed by atoms with Crippen LogP contribution in [0.3, 0.4) is 0 Å². The molecule has 232 valence electrons. The maximum Gasteiger partial charge on any atom is 0.303 e. The second kappa shape index (κ2) is 10.9. The van der Waals surface area contributed by atoms with Crippen molar-refractivity contribution in [2.24, 2.45) is 0 Å². The minimum atomic E-state index is -3.71. The number of nitrogens with zero attached hydrogens (tertiary/aromatic N) is 1. The number of ether oxygens (including phenoxy) is 3. The van der Waals surface area contributed by atoms with Crippen molar-refractivity contribution in [2.75, 3.05) is 20.2 Å². The molecule has 1 spiro atoms. The number of methoxy groups -OCH3 is 1. The van der Waals surface area contributed by atoms with Gasteiger partial charge in [-0.15, -0.1) is 0 Å². The molecule has 2 bridgehead atoms. The van der Waals surface area contributed by atoms with Gasteiger partial charge in [0.1, 0.15) is 11.7 Å². The van der Waals surface area contributed by atoms with Crippen molar-refractivity contribution in [3.63, 3.8) is 0 Å². The van der Waals surface area contributed by atoms with E-state index in [2.05, 4.69) is 40.0 Å². The number of benzene rings is 3. The average Bonchev–Trinajstić information content (AvgIpc) is 3.35. The van der Waals surface area contributed by atoms with Crippen LogP contribution in [0, 0.1) is 6.92 Å². The molecule has 9 heteroatoms. The van der Waals surface area contributed by atoms with Crippen molar-refractivity contribution in [3.8, 4) is 11.5 Å². The van der Waals surface area contributed by atoms with E-state index in [0.717, 1.165) is 48.2 Å². The van der Waals surface area contributed by atoms with Gasteiger partial charge in [-0.25, -0.2) is 13.1 Å². The molecule has 1 saturated heterocycles. The first kappa shape index (κ1) is 29.3. The molecular formula is C35H40N2O6S. The summed E-state index contributed by atoms with van der Waals surface area (Å²) in [5.41, 5.74) is 3.59. The molecule has 0 amide bonds. The van der Waals surface area contributed by atoms with Gasteiger partial charge in [-0.3, -0.25) is 9.69 Å². The minimum absolute atomic E-state index is 0.0636. The lowest BCUT2D eigenvalue weighted by Crippen LogP contribution is -2.79. The largest absolute Gasteiger partial charge is 0.493 e. The number of aryl methyl sites for hydroxylation is 1. The zero-order chi connectivity index (χ0) is 30.7. The summed E-state index contributed by atoms with van der Waals surface area (Å²) >= 11 is 0. The van der Waals surface area contributed by atoms with Gasteiger partial charge in [0.25, 0.3) is 0 Å². The fourth-order valence-corrected chi connectivity index (χ4v) is 10.3. The monoisotopic (exact) mass is 616 g/mol. The van der Waals surface area contributed by atoms with E-state index in [1.54, 1.807) is 7.11 Å². The Morgan fingerprint density at radius 1 is 1.07 bits per heavy atom. The molecule has 0 radical (unpaired) electrons. The molecule has 1 saturated carbocycles. The first-order valence-electron chi connectivity index (χ1n) is 15.6. The number of esters is 1. The SMILES string of the molecule is COc1ccc2c3c1O[C@H]1[C@@H](NS(=O)(=O)Cc4ccccc4C)CC[C@@]4(OC(C)=O)[C@@H](C2)N(CCc2ccccc2)CC[C@]314. The average molecular weight is 617 g/mol. The standard InChI is InChI=1S/C35H40N2O6S/c1-23-9-7-8-12-27(23)22-44(39,40)36-28-15-17-35(43-24(2)38)30-21-26-13-14-29(41-3)32-31(26)34(35,33(28)42-32)18-20-37(30)19-16-25-10-5-4-6-11-25/h4-14,28,30,33,36H,15-22H2,1-3H3/t28-,30+,33-,34-,35+/m0/s1. The Bertz CT molecular complexity index is 1690. The number of nitrogens with one attached hydrogen (secondary N) is 1. The lowest BCUT2D eigenvalue weighted by atomic mass is 9.48. The van der Waals surface area contributed by atoms with Crippen LogP contribution in [0.15, 0.2) is 66.7 Å². The predicted octanol–water partition coefficient (Wildman–Crippen LogP) is 4.46. The number of carbonyl (C=O) groups excluding carboxylic acids is 1. The van der Waals surface area contributed by atoms with Crippen LogP contribution in [0.5, 0.6) is 11.5 Å². The van der Waals surface area contributed by atoms with Crippen LogP contribution < -0.4 is 14.2 Å². The highest BCUT2D eigenvalue weighted by Gasteiger charge is 2.75. The minimum Gasteiger partial charge on any atom is -0.493 e. The Labute approximate surface area is 259 Å². The molecule has 0 aromatic heterocycles. The molecule has 2 heterocycles. The van der Waals surface area contributed by atoms with Gasteiger partial charge in [-0.05, 0) is 73.9 Å². The van der Waals surface area contributed by atoms with Crippen LogP contribution in [-0.2, 0) is 43.6 Å². The Morgan fingerprint density at radius 3 is 2.59 bits per heavy atom. The van der Waals surface area contributed by atoms with E-state index < -0.39 is 33.2 Å². The number of piperidine rings is 1. The van der Waals surface area contributed by atoms with Gasteiger partial charge in [-0.1, -0.05) is 60.7 Å². The maximum atomic E-state index is 13.7. The van der Waals surface area contributed by atoms with Crippen LogP contribution in [0.4, 0.5) is 0 Å². The van der Waals surface area contributed by atoms with Gasteiger partial charge in [0, 0.05) is 19.0 Å². The molecule has 7 rings (SSSR count). The van der Waals surface area contributed by atoms with Gasteiger partial charge in [0.05, 0.1) is 30.4 Å². The van der Waals surface area contributed by atoms with Crippen molar-refractivity contribution in [3.05, 3.63) is 94.5 Å². The first-order valence-corrected chi connectivity index (χ1v) is 17.2. The lowest BCUT2D eigenvalue weighted by molar-refractivity contribution is -0.218. The van der Waals surface area contributed by atoms with Gasteiger partial charge < -0.3 is 14.2 Å². The first-order chi connectivity index (χ1) is 21.2. The lowest BCUT2D eigenvalue weighted by Gasteiger charge is -2.65. The van der Waals surface area contributed by atoms with E-state index in [1.165, 1.54) is 12.5 Å². The topological polar surface area (TPSA) is 94.2 Å². The zero-order valence-electron chi connectivity index (χ0n) is 25.5. The molecular weight excluding hydrogens is 576 g/mol. The molecule has 5 atom stereocenters. The molecule has 2 fully saturated rings. The third kappa shape index (κ3) is 4.54. The summed E-state index contributed by atoms with van der Waals surface area (Å²) in [7, 11) is -2.09. The van der Waals surface area contributed by atoms with Gasteiger partial charge in [0.15, 0.2) is 11.5 Å².